The quantitative estimate of drug-likeness (QED) is 0.794. The zero-order valence-corrected chi connectivity index (χ0v) is 8.89. The van der Waals surface area contributed by atoms with Gasteiger partial charge in [-0.1, -0.05) is 0 Å². The van der Waals surface area contributed by atoms with Crippen LogP contribution in [0.3, 0.4) is 0 Å². The van der Waals surface area contributed by atoms with Gasteiger partial charge in [-0.15, -0.1) is 0 Å². The molecule has 0 aliphatic carbocycles. The second-order valence-corrected chi connectivity index (χ2v) is 3.98. The van der Waals surface area contributed by atoms with E-state index in [-0.39, 0.29) is 5.92 Å². The largest absolute Gasteiger partial charge is 0.386 e. The highest BCUT2D eigenvalue weighted by Gasteiger charge is 2.24. The fraction of sp³-hybridized carbons (Fsp3) is 0.636. The van der Waals surface area contributed by atoms with Crippen molar-refractivity contribution in [2.75, 3.05) is 13.2 Å². The smallest absolute Gasteiger partial charge is 0.100 e. The fourth-order valence-corrected chi connectivity index (χ4v) is 1.83. The standard InChI is InChI=1S/C11H16N2O2/c1-8-6-13-10(7-12-8)11(14)9-2-4-15-5-3-9/h6-7,9,11,14H,2-5H2,1H3. The van der Waals surface area contributed by atoms with E-state index in [4.69, 9.17) is 4.74 Å². The van der Waals surface area contributed by atoms with Crippen molar-refractivity contribution in [1.82, 2.24) is 9.97 Å². The second kappa shape index (κ2) is 4.68. The lowest BCUT2D eigenvalue weighted by atomic mass is 9.92. The van der Waals surface area contributed by atoms with Gasteiger partial charge in [-0.25, -0.2) is 0 Å². The summed E-state index contributed by atoms with van der Waals surface area (Å²) in [5.41, 5.74) is 1.55. The van der Waals surface area contributed by atoms with Gasteiger partial charge in [0.2, 0.25) is 0 Å². The summed E-state index contributed by atoms with van der Waals surface area (Å²) in [6, 6.07) is 0. The Morgan fingerprint density at radius 1 is 1.33 bits per heavy atom. The first-order valence-electron chi connectivity index (χ1n) is 5.32. The van der Waals surface area contributed by atoms with Gasteiger partial charge in [0.1, 0.15) is 6.10 Å². The number of aliphatic hydroxyl groups excluding tert-OH is 1. The van der Waals surface area contributed by atoms with Crippen LogP contribution in [0.4, 0.5) is 0 Å². The van der Waals surface area contributed by atoms with Gasteiger partial charge in [-0.3, -0.25) is 9.97 Å². The van der Waals surface area contributed by atoms with Crippen molar-refractivity contribution in [3.63, 3.8) is 0 Å². The highest BCUT2D eigenvalue weighted by Crippen LogP contribution is 2.28. The zero-order valence-electron chi connectivity index (χ0n) is 8.89. The maximum absolute atomic E-state index is 10.1. The first-order valence-corrected chi connectivity index (χ1v) is 5.32. The maximum atomic E-state index is 10.1. The Morgan fingerprint density at radius 3 is 2.67 bits per heavy atom. The number of hydrogen-bond donors (Lipinski definition) is 1. The van der Waals surface area contributed by atoms with Crippen LogP contribution in [0.1, 0.15) is 30.3 Å². The van der Waals surface area contributed by atoms with Crippen molar-refractivity contribution in [3.05, 3.63) is 23.8 Å². The number of ether oxygens (including phenoxy) is 1. The molecule has 1 aromatic heterocycles. The lowest BCUT2D eigenvalue weighted by molar-refractivity contribution is 0.00542. The molecule has 1 saturated heterocycles. The van der Waals surface area contributed by atoms with Crippen molar-refractivity contribution in [2.24, 2.45) is 5.92 Å². The number of aromatic nitrogens is 2. The predicted octanol–water partition coefficient (Wildman–Crippen LogP) is 1.25. The molecule has 0 radical (unpaired) electrons. The van der Waals surface area contributed by atoms with Crippen molar-refractivity contribution < 1.29 is 9.84 Å². The fourth-order valence-electron chi connectivity index (χ4n) is 1.83. The maximum Gasteiger partial charge on any atom is 0.100 e. The number of aryl methyl sites for hydroxylation is 1. The van der Waals surface area contributed by atoms with Crippen LogP contribution in [0.15, 0.2) is 12.4 Å². The number of aliphatic hydroxyl groups is 1. The van der Waals surface area contributed by atoms with Gasteiger partial charge in [0.15, 0.2) is 0 Å². The van der Waals surface area contributed by atoms with E-state index in [1.165, 1.54) is 0 Å². The molecule has 0 spiro atoms. The Hall–Kier alpha value is -1.00. The second-order valence-electron chi connectivity index (χ2n) is 3.98. The van der Waals surface area contributed by atoms with E-state index < -0.39 is 6.10 Å². The molecule has 1 aromatic rings. The third kappa shape index (κ3) is 2.52. The van der Waals surface area contributed by atoms with Crippen LogP contribution in [-0.4, -0.2) is 28.3 Å². The lowest BCUT2D eigenvalue weighted by Crippen LogP contribution is -2.22. The van der Waals surface area contributed by atoms with Crippen molar-refractivity contribution in [2.45, 2.75) is 25.9 Å². The summed E-state index contributed by atoms with van der Waals surface area (Å²) >= 11 is 0. The Balaban J connectivity index is 2.05. The molecule has 1 fully saturated rings. The molecule has 15 heavy (non-hydrogen) atoms. The van der Waals surface area contributed by atoms with Crippen LogP contribution in [0, 0.1) is 12.8 Å². The number of hydrogen-bond acceptors (Lipinski definition) is 4. The summed E-state index contributed by atoms with van der Waals surface area (Å²) in [6.07, 6.45) is 4.66. The summed E-state index contributed by atoms with van der Waals surface area (Å²) in [5, 5.41) is 10.1. The summed E-state index contributed by atoms with van der Waals surface area (Å²) in [6.45, 7) is 3.36. The molecule has 1 N–H and O–H groups in total. The van der Waals surface area contributed by atoms with Crippen LogP contribution in [0.25, 0.3) is 0 Å². The van der Waals surface area contributed by atoms with Crippen molar-refractivity contribution >= 4 is 0 Å². The molecule has 4 nitrogen and oxygen atoms in total. The third-order valence-corrected chi connectivity index (χ3v) is 2.82. The first kappa shape index (κ1) is 10.5. The average molecular weight is 208 g/mol. The molecule has 2 heterocycles. The normalized spacial score (nSPS) is 20.1. The summed E-state index contributed by atoms with van der Waals surface area (Å²) in [5.74, 6) is 0.260. The molecule has 1 atom stereocenters. The lowest BCUT2D eigenvalue weighted by Gasteiger charge is -2.26. The molecule has 0 amide bonds. The van der Waals surface area contributed by atoms with Gasteiger partial charge in [0.05, 0.1) is 17.6 Å². The van der Waals surface area contributed by atoms with E-state index in [1.807, 2.05) is 6.92 Å². The van der Waals surface area contributed by atoms with Crippen LogP contribution >= 0.6 is 0 Å². The highest BCUT2D eigenvalue weighted by atomic mass is 16.5. The molecule has 1 unspecified atom stereocenters. The third-order valence-electron chi connectivity index (χ3n) is 2.82. The number of rotatable bonds is 2. The van der Waals surface area contributed by atoms with Gasteiger partial charge < -0.3 is 9.84 Å². The van der Waals surface area contributed by atoms with E-state index in [0.717, 1.165) is 31.7 Å². The average Bonchev–Trinajstić information content (AvgIpc) is 2.30. The van der Waals surface area contributed by atoms with E-state index >= 15 is 0 Å². The van der Waals surface area contributed by atoms with E-state index in [2.05, 4.69) is 9.97 Å². The van der Waals surface area contributed by atoms with E-state index in [9.17, 15) is 5.11 Å². The minimum atomic E-state index is -0.498. The van der Waals surface area contributed by atoms with Gasteiger partial charge in [0.25, 0.3) is 0 Å². The first-order chi connectivity index (χ1) is 7.27. The summed E-state index contributed by atoms with van der Waals surface area (Å²) in [4.78, 5) is 8.34. The van der Waals surface area contributed by atoms with Crippen molar-refractivity contribution in [3.8, 4) is 0 Å². The molecule has 2 rings (SSSR count). The Bertz CT molecular complexity index is 307. The monoisotopic (exact) mass is 208 g/mol. The molecule has 4 heteroatoms. The van der Waals surface area contributed by atoms with E-state index in [1.54, 1.807) is 12.4 Å². The predicted molar refractivity (Wildman–Crippen MR) is 55.3 cm³/mol. The SMILES string of the molecule is Cc1cnc(C(O)C2CCOCC2)cn1. The van der Waals surface area contributed by atoms with Gasteiger partial charge >= 0.3 is 0 Å². The van der Waals surface area contributed by atoms with Gasteiger partial charge in [-0.2, -0.15) is 0 Å². The van der Waals surface area contributed by atoms with Gasteiger partial charge in [-0.05, 0) is 25.7 Å². The molecule has 1 aliphatic heterocycles. The number of nitrogens with zero attached hydrogens (tertiary/aromatic N) is 2. The Kier molecular flexibility index (Phi) is 3.28. The van der Waals surface area contributed by atoms with Crippen molar-refractivity contribution in [1.29, 1.82) is 0 Å². The molecule has 1 aliphatic rings. The minimum absolute atomic E-state index is 0.260. The molecule has 0 saturated carbocycles. The highest BCUT2D eigenvalue weighted by molar-refractivity contribution is 5.05. The molecule has 0 bridgehead atoms. The Morgan fingerprint density at radius 2 is 2.07 bits per heavy atom. The molecule has 0 aromatic carbocycles. The summed E-state index contributed by atoms with van der Waals surface area (Å²) in [7, 11) is 0. The summed E-state index contributed by atoms with van der Waals surface area (Å²) < 4.78 is 5.26. The van der Waals surface area contributed by atoms with Crippen LogP contribution in [0.2, 0.25) is 0 Å². The van der Waals surface area contributed by atoms with Crippen LogP contribution in [0.5, 0.6) is 0 Å². The zero-order chi connectivity index (χ0) is 10.7. The molecule has 82 valence electrons. The molecular weight excluding hydrogens is 192 g/mol. The van der Waals surface area contributed by atoms with Gasteiger partial charge in [0, 0.05) is 19.4 Å². The topological polar surface area (TPSA) is 55.2 Å². The van der Waals surface area contributed by atoms with Crippen LogP contribution < -0.4 is 0 Å². The Labute approximate surface area is 89.3 Å². The minimum Gasteiger partial charge on any atom is -0.386 e. The van der Waals surface area contributed by atoms with E-state index in [0.29, 0.717) is 5.69 Å². The van der Waals surface area contributed by atoms with Crippen LogP contribution in [-0.2, 0) is 4.74 Å². The molecular formula is C11H16N2O2.